The smallest absolute Gasteiger partial charge is 0.322 e. The van der Waals surface area contributed by atoms with Crippen molar-refractivity contribution in [2.45, 2.75) is 19.4 Å². The molecular weight excluding hydrogens is 452 g/mol. The van der Waals surface area contributed by atoms with Gasteiger partial charge in [-0.2, -0.15) is 4.72 Å². The van der Waals surface area contributed by atoms with Gasteiger partial charge < -0.3 is 5.11 Å². The fourth-order valence-electron chi connectivity index (χ4n) is 3.28. The first kappa shape index (κ1) is 21.8. The summed E-state index contributed by atoms with van der Waals surface area (Å²) in [5.41, 5.74) is 3.67. The summed E-state index contributed by atoms with van der Waals surface area (Å²) < 4.78 is 29.2. The van der Waals surface area contributed by atoms with E-state index in [0.29, 0.717) is 5.75 Å². The second-order valence-electron chi connectivity index (χ2n) is 7.08. The predicted octanol–water partition coefficient (Wildman–Crippen LogP) is 4.19. The van der Waals surface area contributed by atoms with Crippen molar-refractivity contribution in [3.63, 3.8) is 0 Å². The molecule has 2 aromatic carbocycles. The first-order valence-electron chi connectivity index (χ1n) is 9.52. The van der Waals surface area contributed by atoms with Crippen molar-refractivity contribution in [2.24, 2.45) is 0 Å². The van der Waals surface area contributed by atoms with Crippen molar-refractivity contribution in [3.8, 4) is 0 Å². The van der Waals surface area contributed by atoms with Gasteiger partial charge in [0.15, 0.2) is 0 Å². The monoisotopic (exact) mass is 472 g/mol. The van der Waals surface area contributed by atoms with Crippen LogP contribution < -0.4 is 4.72 Å². The zero-order valence-electron chi connectivity index (χ0n) is 16.6. The second-order valence-corrected chi connectivity index (χ2v) is 11.3. The van der Waals surface area contributed by atoms with Crippen LogP contribution in [0.5, 0.6) is 0 Å². The summed E-state index contributed by atoms with van der Waals surface area (Å²) in [5, 5.41) is 10.5. The van der Waals surface area contributed by atoms with E-state index in [-0.39, 0.29) is 10.7 Å². The second kappa shape index (κ2) is 8.96. The Hall–Kier alpha value is -2.46. The van der Waals surface area contributed by atoms with Gasteiger partial charge in [-0.05, 0) is 48.3 Å². The summed E-state index contributed by atoms with van der Waals surface area (Å²) >= 11 is 2.81. The van der Waals surface area contributed by atoms with Gasteiger partial charge in [-0.25, -0.2) is 13.4 Å². The number of hydrogen-bond donors (Lipinski definition) is 2. The number of sulfonamides is 1. The third-order valence-electron chi connectivity index (χ3n) is 4.80. The van der Waals surface area contributed by atoms with Crippen LogP contribution in [0.1, 0.15) is 16.1 Å². The number of carbonyl (C=O) groups is 1. The molecule has 1 aromatic heterocycles. The molecule has 160 valence electrons. The van der Waals surface area contributed by atoms with E-state index in [2.05, 4.69) is 9.71 Å². The van der Waals surface area contributed by atoms with E-state index in [1.807, 2.05) is 31.2 Å². The van der Waals surface area contributed by atoms with Gasteiger partial charge in [0.05, 0.1) is 15.2 Å². The Labute approximate surface area is 188 Å². The van der Waals surface area contributed by atoms with Gasteiger partial charge in [-0.3, -0.25) is 4.79 Å². The van der Waals surface area contributed by atoms with Gasteiger partial charge in [0, 0.05) is 5.75 Å². The van der Waals surface area contributed by atoms with Crippen LogP contribution in [0.4, 0.5) is 0 Å². The van der Waals surface area contributed by atoms with Crippen LogP contribution in [0.25, 0.3) is 15.8 Å². The number of rotatable bonds is 7. The van der Waals surface area contributed by atoms with Crippen molar-refractivity contribution in [2.75, 3.05) is 5.75 Å². The number of nitrogens with one attached hydrogen (secondary N) is 1. The topological polar surface area (TPSA) is 96.4 Å². The van der Waals surface area contributed by atoms with E-state index in [4.69, 9.17) is 0 Å². The lowest BCUT2D eigenvalue weighted by molar-refractivity contribution is -0.138. The number of carboxylic acids is 1. The van der Waals surface area contributed by atoms with Crippen LogP contribution in [-0.2, 0) is 21.2 Å². The highest BCUT2D eigenvalue weighted by molar-refractivity contribution is 8.18. The largest absolute Gasteiger partial charge is 0.480 e. The Morgan fingerprint density at radius 1 is 1.19 bits per heavy atom. The number of aryl methyl sites for hydroxylation is 1. The number of fused-ring (bicyclic) bond motifs is 1. The number of allylic oxidation sites excluding steroid dienone is 2. The lowest BCUT2D eigenvalue weighted by Crippen LogP contribution is -2.42. The molecule has 0 radical (unpaired) electrons. The Bertz CT molecular complexity index is 1290. The highest BCUT2D eigenvalue weighted by Gasteiger charge is 2.28. The van der Waals surface area contributed by atoms with Crippen LogP contribution in [0.2, 0.25) is 0 Å². The maximum Gasteiger partial charge on any atom is 0.322 e. The lowest BCUT2D eigenvalue weighted by atomic mass is 10.1. The lowest BCUT2D eigenvalue weighted by Gasteiger charge is -2.19. The van der Waals surface area contributed by atoms with E-state index in [1.54, 1.807) is 41.7 Å². The molecular formula is C22H20N2O4S3. The van der Waals surface area contributed by atoms with E-state index in [0.717, 1.165) is 31.9 Å². The Morgan fingerprint density at radius 3 is 2.65 bits per heavy atom. The maximum absolute atomic E-state index is 12.8. The minimum absolute atomic E-state index is 0.0709. The molecule has 9 heteroatoms. The molecule has 1 unspecified atom stereocenters. The highest BCUT2D eigenvalue weighted by Crippen LogP contribution is 2.34. The number of hydrogen-bond acceptors (Lipinski definition) is 6. The molecule has 4 rings (SSSR count). The average Bonchev–Trinajstić information content (AvgIpc) is 3.13. The molecule has 0 fully saturated rings. The number of aromatic nitrogens is 1. The number of aliphatic carboxylic acids is 1. The van der Waals surface area contributed by atoms with Crippen LogP contribution in [0, 0.1) is 6.92 Å². The first-order chi connectivity index (χ1) is 14.8. The number of carboxylic acid groups (broad SMARTS) is 1. The molecule has 0 aliphatic carbocycles. The minimum atomic E-state index is -3.95. The first-order valence-corrected chi connectivity index (χ1v) is 12.8. The SMILES string of the molecule is Cc1nc2cc(C3=CC=C(S(=O)(=O)NC(Cc4ccccc4)C(=O)O)SC3)ccc2s1. The summed E-state index contributed by atoms with van der Waals surface area (Å²) in [5.74, 6) is -0.741. The minimum Gasteiger partial charge on any atom is -0.480 e. The average molecular weight is 473 g/mol. The molecule has 6 nitrogen and oxygen atoms in total. The van der Waals surface area contributed by atoms with Crippen molar-refractivity contribution in [3.05, 3.63) is 81.1 Å². The summed E-state index contributed by atoms with van der Waals surface area (Å²) in [7, 11) is -3.95. The predicted molar refractivity (Wildman–Crippen MR) is 127 cm³/mol. The fourth-order valence-corrected chi connectivity index (χ4v) is 6.67. The van der Waals surface area contributed by atoms with Gasteiger partial charge >= 0.3 is 5.97 Å². The third kappa shape index (κ3) is 5.07. The van der Waals surface area contributed by atoms with Gasteiger partial charge in [-0.1, -0.05) is 42.5 Å². The van der Waals surface area contributed by atoms with Crippen molar-refractivity contribution in [1.29, 1.82) is 0 Å². The van der Waals surface area contributed by atoms with Crippen molar-refractivity contribution >= 4 is 54.9 Å². The van der Waals surface area contributed by atoms with Gasteiger partial charge in [0.25, 0.3) is 0 Å². The van der Waals surface area contributed by atoms with E-state index in [1.165, 1.54) is 17.8 Å². The molecule has 0 saturated carbocycles. The number of benzene rings is 2. The zero-order chi connectivity index (χ0) is 22.0. The summed E-state index contributed by atoms with van der Waals surface area (Å²) in [6.45, 7) is 1.97. The Balaban J connectivity index is 1.53. The van der Waals surface area contributed by atoms with E-state index >= 15 is 0 Å². The standard InChI is InChI=1S/C22H20N2O4S3/c1-14-23-18-12-16(7-9-20(18)30-14)17-8-10-21(29-13-17)31(27,28)24-19(22(25)26)11-15-5-3-2-4-6-15/h2-10,12,19,24H,11,13H2,1H3,(H,25,26). The van der Waals surface area contributed by atoms with E-state index < -0.39 is 22.0 Å². The quantitative estimate of drug-likeness (QED) is 0.535. The van der Waals surface area contributed by atoms with Gasteiger partial charge in [-0.15, -0.1) is 23.1 Å². The summed E-state index contributed by atoms with van der Waals surface area (Å²) in [6.07, 6.45) is 3.38. The number of thiazole rings is 1. The van der Waals surface area contributed by atoms with Crippen LogP contribution in [0.3, 0.4) is 0 Å². The summed E-state index contributed by atoms with van der Waals surface area (Å²) in [6, 6.07) is 13.8. The summed E-state index contributed by atoms with van der Waals surface area (Å²) in [4.78, 5) is 16.2. The van der Waals surface area contributed by atoms with Crippen molar-refractivity contribution < 1.29 is 18.3 Å². The molecule has 0 amide bonds. The van der Waals surface area contributed by atoms with Crippen LogP contribution in [0.15, 0.2) is 64.9 Å². The Kier molecular flexibility index (Phi) is 6.29. The molecule has 1 aliphatic heterocycles. The molecule has 0 bridgehead atoms. The van der Waals surface area contributed by atoms with Crippen LogP contribution in [-0.4, -0.2) is 36.3 Å². The zero-order valence-corrected chi connectivity index (χ0v) is 19.1. The fraction of sp³-hybridized carbons (Fsp3) is 0.182. The number of nitrogens with zero attached hydrogens (tertiary/aromatic N) is 1. The molecule has 2 heterocycles. The van der Waals surface area contributed by atoms with Gasteiger partial charge in [0.2, 0.25) is 10.0 Å². The van der Waals surface area contributed by atoms with Gasteiger partial charge in [0.1, 0.15) is 10.3 Å². The normalized spacial score (nSPS) is 15.4. The molecule has 1 aliphatic rings. The molecule has 3 aromatic rings. The third-order valence-corrected chi connectivity index (χ3v) is 8.90. The molecule has 1 atom stereocenters. The maximum atomic E-state index is 12.8. The van der Waals surface area contributed by atoms with E-state index in [9.17, 15) is 18.3 Å². The molecule has 2 N–H and O–H groups in total. The Morgan fingerprint density at radius 2 is 1.97 bits per heavy atom. The molecule has 0 spiro atoms. The van der Waals surface area contributed by atoms with Crippen LogP contribution >= 0.6 is 23.1 Å². The van der Waals surface area contributed by atoms with Crippen molar-refractivity contribution in [1.82, 2.24) is 9.71 Å². The number of thioether (sulfide) groups is 1. The molecule has 0 saturated heterocycles. The highest BCUT2D eigenvalue weighted by atomic mass is 32.3. The molecule has 31 heavy (non-hydrogen) atoms.